The van der Waals surface area contributed by atoms with E-state index in [1.165, 1.54) is 25.7 Å². The maximum atomic E-state index is 6.34. The van der Waals surface area contributed by atoms with E-state index in [4.69, 9.17) is 4.74 Å². The van der Waals surface area contributed by atoms with E-state index in [2.05, 4.69) is 56.2 Å². The zero-order chi connectivity index (χ0) is 14.2. The zero-order valence-electron chi connectivity index (χ0n) is 11.8. The summed E-state index contributed by atoms with van der Waals surface area (Å²) in [5, 5.41) is 3.66. The second-order valence-electron chi connectivity index (χ2n) is 5.97. The fraction of sp³-hybridized carbons (Fsp3) is 0.625. The Morgan fingerprint density at radius 2 is 2.05 bits per heavy atom. The van der Waals surface area contributed by atoms with Crippen LogP contribution in [0.15, 0.2) is 27.1 Å². The summed E-state index contributed by atoms with van der Waals surface area (Å²) in [7, 11) is 0. The first-order chi connectivity index (χ1) is 9.65. The van der Waals surface area contributed by atoms with Gasteiger partial charge in [-0.2, -0.15) is 0 Å². The summed E-state index contributed by atoms with van der Waals surface area (Å²) < 4.78 is 8.45. The van der Waals surface area contributed by atoms with E-state index in [-0.39, 0.29) is 0 Å². The molecule has 1 aromatic rings. The molecule has 1 N–H and O–H groups in total. The predicted molar refractivity (Wildman–Crippen MR) is 89.2 cm³/mol. The first-order valence-electron chi connectivity index (χ1n) is 7.51. The Balaban J connectivity index is 1.74. The molecule has 2 fully saturated rings. The predicted octanol–water partition coefficient (Wildman–Crippen LogP) is 4.90. The molecule has 0 saturated heterocycles. The zero-order valence-corrected chi connectivity index (χ0v) is 15.0. The van der Waals surface area contributed by atoms with Crippen LogP contribution >= 0.6 is 31.9 Å². The van der Waals surface area contributed by atoms with Gasteiger partial charge in [-0.05, 0) is 53.5 Å². The van der Waals surface area contributed by atoms with E-state index in [0.717, 1.165) is 27.7 Å². The van der Waals surface area contributed by atoms with E-state index in [0.29, 0.717) is 17.6 Å². The van der Waals surface area contributed by atoms with E-state index in [9.17, 15) is 0 Å². The lowest BCUT2D eigenvalue weighted by Gasteiger charge is -2.54. The van der Waals surface area contributed by atoms with E-state index >= 15 is 0 Å². The Morgan fingerprint density at radius 1 is 1.30 bits per heavy atom. The molecule has 20 heavy (non-hydrogen) atoms. The smallest absolute Gasteiger partial charge is 0.134 e. The standard InChI is InChI=1S/C16H21Br2NO/c1-2-19-14-10-15(16(14)7-3-4-8-16)20-13-6-5-11(17)9-12(13)18/h5-6,9,14-15,19H,2-4,7-8,10H2,1H3. The first-order valence-corrected chi connectivity index (χ1v) is 9.09. The molecule has 2 atom stereocenters. The van der Waals surface area contributed by atoms with Gasteiger partial charge < -0.3 is 10.1 Å². The topological polar surface area (TPSA) is 21.3 Å². The van der Waals surface area contributed by atoms with Crippen LogP contribution in [0, 0.1) is 5.41 Å². The van der Waals surface area contributed by atoms with Crippen molar-refractivity contribution in [3.63, 3.8) is 0 Å². The summed E-state index contributed by atoms with van der Waals surface area (Å²) in [6.45, 7) is 3.25. The van der Waals surface area contributed by atoms with Gasteiger partial charge in [0.2, 0.25) is 0 Å². The molecule has 1 spiro atoms. The van der Waals surface area contributed by atoms with Gasteiger partial charge in [-0.25, -0.2) is 0 Å². The molecule has 0 aromatic heterocycles. The van der Waals surface area contributed by atoms with Gasteiger partial charge in [0.25, 0.3) is 0 Å². The molecular formula is C16H21Br2NO. The Morgan fingerprint density at radius 3 is 2.70 bits per heavy atom. The molecule has 3 rings (SSSR count). The third-order valence-corrected chi connectivity index (χ3v) is 6.05. The molecule has 2 aliphatic rings. The number of ether oxygens (including phenoxy) is 1. The summed E-state index contributed by atoms with van der Waals surface area (Å²) in [4.78, 5) is 0. The molecule has 1 aromatic carbocycles. The number of nitrogens with one attached hydrogen (secondary N) is 1. The summed E-state index contributed by atoms with van der Waals surface area (Å²) in [6, 6.07) is 6.80. The summed E-state index contributed by atoms with van der Waals surface area (Å²) in [5.74, 6) is 0.972. The quantitative estimate of drug-likeness (QED) is 0.773. The number of benzene rings is 1. The second-order valence-corrected chi connectivity index (χ2v) is 7.74. The van der Waals surface area contributed by atoms with Crippen LogP contribution in [0.2, 0.25) is 0 Å². The lowest BCUT2D eigenvalue weighted by atomic mass is 9.60. The molecular weight excluding hydrogens is 382 g/mol. The van der Waals surface area contributed by atoms with Gasteiger partial charge in [-0.1, -0.05) is 35.7 Å². The van der Waals surface area contributed by atoms with Crippen LogP contribution in [0.4, 0.5) is 0 Å². The normalized spacial score (nSPS) is 27.6. The molecule has 0 radical (unpaired) electrons. The van der Waals surface area contributed by atoms with Crippen LogP contribution < -0.4 is 10.1 Å². The minimum atomic E-state index is 0.367. The van der Waals surface area contributed by atoms with Crippen molar-refractivity contribution in [2.45, 2.75) is 51.2 Å². The average Bonchev–Trinajstić information content (AvgIpc) is 2.92. The van der Waals surface area contributed by atoms with E-state index in [1.807, 2.05) is 6.07 Å². The van der Waals surface area contributed by atoms with Gasteiger partial charge in [0, 0.05) is 22.4 Å². The maximum Gasteiger partial charge on any atom is 0.134 e. The van der Waals surface area contributed by atoms with Gasteiger partial charge in [-0.3, -0.25) is 0 Å². The van der Waals surface area contributed by atoms with Crippen LogP contribution in [0.5, 0.6) is 5.75 Å². The fourth-order valence-electron chi connectivity index (χ4n) is 3.87. The molecule has 0 aliphatic heterocycles. The van der Waals surface area contributed by atoms with Crippen LogP contribution in [-0.2, 0) is 0 Å². The van der Waals surface area contributed by atoms with Crippen molar-refractivity contribution in [2.75, 3.05) is 6.54 Å². The van der Waals surface area contributed by atoms with Crippen LogP contribution in [0.3, 0.4) is 0 Å². The van der Waals surface area contributed by atoms with Crippen LogP contribution in [-0.4, -0.2) is 18.7 Å². The summed E-state index contributed by atoms with van der Waals surface area (Å²) in [6.07, 6.45) is 6.82. The highest BCUT2D eigenvalue weighted by Crippen LogP contribution is 2.55. The number of hydrogen-bond acceptors (Lipinski definition) is 2. The lowest BCUT2D eigenvalue weighted by molar-refractivity contribution is -0.0758. The third kappa shape index (κ3) is 2.55. The Hall–Kier alpha value is -0.0600. The molecule has 4 heteroatoms. The van der Waals surface area contributed by atoms with Crippen LogP contribution in [0.1, 0.15) is 39.0 Å². The van der Waals surface area contributed by atoms with Crippen molar-refractivity contribution in [3.05, 3.63) is 27.1 Å². The first kappa shape index (κ1) is 14.9. The Kier molecular flexibility index (Phi) is 4.44. The lowest BCUT2D eigenvalue weighted by Crippen LogP contribution is -2.63. The van der Waals surface area contributed by atoms with Crippen molar-refractivity contribution in [1.29, 1.82) is 0 Å². The molecule has 2 unspecified atom stereocenters. The fourth-order valence-corrected chi connectivity index (χ4v) is 5.01. The third-order valence-electron chi connectivity index (χ3n) is 4.93. The number of hydrogen-bond donors (Lipinski definition) is 1. The monoisotopic (exact) mass is 401 g/mol. The van der Waals surface area contributed by atoms with Gasteiger partial charge >= 0.3 is 0 Å². The van der Waals surface area contributed by atoms with Crippen molar-refractivity contribution in [3.8, 4) is 5.75 Å². The molecule has 2 aliphatic carbocycles. The highest BCUT2D eigenvalue weighted by molar-refractivity contribution is 9.11. The summed E-state index contributed by atoms with van der Waals surface area (Å²) in [5.41, 5.74) is 0.378. The number of rotatable bonds is 4. The van der Waals surface area contributed by atoms with Gasteiger partial charge in [0.1, 0.15) is 11.9 Å². The minimum absolute atomic E-state index is 0.367. The largest absolute Gasteiger partial charge is 0.489 e. The van der Waals surface area contributed by atoms with Crippen molar-refractivity contribution >= 4 is 31.9 Å². The molecule has 2 saturated carbocycles. The summed E-state index contributed by atoms with van der Waals surface area (Å²) >= 11 is 7.09. The minimum Gasteiger partial charge on any atom is -0.489 e. The SMILES string of the molecule is CCNC1CC(Oc2ccc(Br)cc2Br)C12CCCC2. The molecule has 0 amide bonds. The van der Waals surface area contributed by atoms with Gasteiger partial charge in [0.05, 0.1) is 4.47 Å². The molecule has 110 valence electrons. The van der Waals surface area contributed by atoms with Crippen LogP contribution in [0.25, 0.3) is 0 Å². The maximum absolute atomic E-state index is 6.34. The Bertz CT molecular complexity index is 485. The van der Waals surface area contributed by atoms with E-state index < -0.39 is 0 Å². The molecule has 0 bridgehead atoms. The molecule has 2 nitrogen and oxygen atoms in total. The van der Waals surface area contributed by atoms with Crippen molar-refractivity contribution in [2.24, 2.45) is 5.41 Å². The van der Waals surface area contributed by atoms with E-state index in [1.54, 1.807) is 0 Å². The highest BCUT2D eigenvalue weighted by atomic mass is 79.9. The van der Waals surface area contributed by atoms with Gasteiger partial charge in [-0.15, -0.1) is 0 Å². The highest BCUT2D eigenvalue weighted by Gasteiger charge is 2.57. The second kappa shape index (κ2) is 5.98. The van der Waals surface area contributed by atoms with Gasteiger partial charge in [0.15, 0.2) is 0 Å². The number of halogens is 2. The van der Waals surface area contributed by atoms with Crippen molar-refractivity contribution in [1.82, 2.24) is 5.32 Å². The Labute approximate surface area is 137 Å². The van der Waals surface area contributed by atoms with Crippen molar-refractivity contribution < 1.29 is 4.74 Å². The molecule has 0 heterocycles. The average molecular weight is 403 g/mol.